The van der Waals surface area contributed by atoms with Crippen molar-refractivity contribution in [3.8, 4) is 0 Å². The predicted octanol–water partition coefficient (Wildman–Crippen LogP) is 3.41. The number of rotatable bonds is 2. The summed E-state index contributed by atoms with van der Waals surface area (Å²) in [4.78, 5) is 13.4. The van der Waals surface area contributed by atoms with Crippen molar-refractivity contribution in [1.29, 1.82) is 0 Å². The molecule has 1 saturated heterocycles. The Morgan fingerprint density at radius 3 is 2.89 bits per heavy atom. The highest BCUT2D eigenvalue weighted by Gasteiger charge is 2.35. The Morgan fingerprint density at radius 1 is 1.22 bits per heavy atom. The van der Waals surface area contributed by atoms with Crippen molar-refractivity contribution in [2.75, 3.05) is 11.4 Å². The van der Waals surface area contributed by atoms with E-state index in [-0.39, 0.29) is 5.56 Å². The van der Waals surface area contributed by atoms with E-state index in [4.69, 9.17) is 0 Å². The fourth-order valence-corrected chi connectivity index (χ4v) is 3.65. The van der Waals surface area contributed by atoms with Gasteiger partial charge in [-0.3, -0.25) is 4.79 Å². The van der Waals surface area contributed by atoms with E-state index in [1.54, 1.807) is 6.07 Å². The van der Waals surface area contributed by atoms with Gasteiger partial charge >= 0.3 is 0 Å². The molecule has 0 amide bonds. The Kier molecular flexibility index (Phi) is 3.06. The van der Waals surface area contributed by atoms with Gasteiger partial charge in [0.25, 0.3) is 0 Å². The number of carbonyl (C=O) groups is 1. The van der Waals surface area contributed by atoms with Crippen LogP contribution in [-0.2, 0) is 0 Å². The molecule has 2 fully saturated rings. The molecule has 0 N–H and O–H groups in total. The van der Waals surface area contributed by atoms with E-state index in [1.807, 2.05) is 6.07 Å². The van der Waals surface area contributed by atoms with Gasteiger partial charge in [-0.2, -0.15) is 0 Å². The lowest BCUT2D eigenvalue weighted by atomic mass is 9.91. The van der Waals surface area contributed by atoms with Gasteiger partial charge in [0.05, 0.1) is 11.3 Å². The minimum Gasteiger partial charge on any atom is -0.368 e. The van der Waals surface area contributed by atoms with Gasteiger partial charge < -0.3 is 4.90 Å². The standard InChI is InChI=1S/C15H18FNO/c16-13-6-2-8-15(12(13)10-18)17-9-3-5-11-4-1-7-14(11)17/h2,6,8,10-11,14H,1,3-5,7,9H2. The van der Waals surface area contributed by atoms with Crippen LogP contribution < -0.4 is 4.90 Å². The van der Waals surface area contributed by atoms with Gasteiger partial charge in [0, 0.05) is 12.6 Å². The maximum atomic E-state index is 13.7. The molecule has 2 unspecified atom stereocenters. The summed E-state index contributed by atoms with van der Waals surface area (Å²) in [5.74, 6) is 0.337. The summed E-state index contributed by atoms with van der Waals surface area (Å²) < 4.78 is 13.7. The van der Waals surface area contributed by atoms with E-state index in [2.05, 4.69) is 4.90 Å². The molecule has 3 rings (SSSR count). The molecule has 18 heavy (non-hydrogen) atoms. The minimum absolute atomic E-state index is 0.227. The van der Waals surface area contributed by atoms with E-state index < -0.39 is 5.82 Å². The van der Waals surface area contributed by atoms with Crippen LogP contribution in [0.3, 0.4) is 0 Å². The van der Waals surface area contributed by atoms with Crippen molar-refractivity contribution in [3.63, 3.8) is 0 Å². The van der Waals surface area contributed by atoms with Crippen LogP contribution >= 0.6 is 0 Å². The molecule has 0 radical (unpaired) electrons. The zero-order valence-corrected chi connectivity index (χ0v) is 10.4. The predicted molar refractivity (Wildman–Crippen MR) is 69.5 cm³/mol. The van der Waals surface area contributed by atoms with E-state index >= 15 is 0 Å². The second-order valence-electron chi connectivity index (χ2n) is 5.38. The van der Waals surface area contributed by atoms with Crippen LogP contribution in [0.15, 0.2) is 18.2 Å². The molecule has 1 heterocycles. The van der Waals surface area contributed by atoms with Crippen molar-refractivity contribution in [2.24, 2.45) is 5.92 Å². The first-order valence-electron chi connectivity index (χ1n) is 6.81. The van der Waals surface area contributed by atoms with Crippen molar-refractivity contribution < 1.29 is 9.18 Å². The number of aldehydes is 1. The number of halogens is 1. The van der Waals surface area contributed by atoms with Crippen molar-refractivity contribution in [3.05, 3.63) is 29.6 Å². The van der Waals surface area contributed by atoms with Crippen molar-refractivity contribution >= 4 is 12.0 Å². The average molecular weight is 247 g/mol. The second-order valence-corrected chi connectivity index (χ2v) is 5.38. The zero-order chi connectivity index (χ0) is 12.5. The van der Waals surface area contributed by atoms with Gasteiger partial charge in [0.15, 0.2) is 6.29 Å². The average Bonchev–Trinajstić information content (AvgIpc) is 2.86. The Labute approximate surface area is 107 Å². The lowest BCUT2D eigenvalue weighted by Crippen LogP contribution is -2.43. The summed E-state index contributed by atoms with van der Waals surface area (Å²) in [6, 6.07) is 5.46. The third kappa shape index (κ3) is 1.82. The van der Waals surface area contributed by atoms with Crippen LogP contribution in [0.2, 0.25) is 0 Å². The fourth-order valence-electron chi connectivity index (χ4n) is 3.65. The normalized spacial score (nSPS) is 27.1. The van der Waals surface area contributed by atoms with Gasteiger partial charge in [-0.05, 0) is 43.7 Å². The van der Waals surface area contributed by atoms with Crippen molar-refractivity contribution in [1.82, 2.24) is 0 Å². The van der Waals surface area contributed by atoms with Gasteiger partial charge in [0.1, 0.15) is 5.82 Å². The van der Waals surface area contributed by atoms with Crippen LogP contribution in [0.25, 0.3) is 0 Å². The van der Waals surface area contributed by atoms with Gasteiger partial charge in [-0.1, -0.05) is 12.5 Å². The van der Waals surface area contributed by atoms with Gasteiger partial charge in [-0.25, -0.2) is 4.39 Å². The van der Waals surface area contributed by atoms with Crippen LogP contribution in [0.5, 0.6) is 0 Å². The maximum absolute atomic E-state index is 13.7. The minimum atomic E-state index is -0.400. The monoisotopic (exact) mass is 247 g/mol. The van der Waals surface area contributed by atoms with E-state index in [9.17, 15) is 9.18 Å². The molecule has 0 aromatic heterocycles. The summed E-state index contributed by atoms with van der Waals surface area (Å²) in [6.07, 6.45) is 6.82. The molecule has 0 bridgehead atoms. The molecule has 0 spiro atoms. The summed E-state index contributed by atoms with van der Waals surface area (Å²) in [7, 11) is 0. The molecule has 2 atom stereocenters. The molecule has 1 aromatic carbocycles. The number of benzene rings is 1. The highest BCUT2D eigenvalue weighted by molar-refractivity contribution is 5.85. The van der Waals surface area contributed by atoms with Crippen LogP contribution in [0, 0.1) is 11.7 Å². The Hall–Kier alpha value is -1.38. The van der Waals surface area contributed by atoms with Gasteiger partial charge in [0.2, 0.25) is 0 Å². The Bertz CT molecular complexity index is 460. The summed E-state index contributed by atoms with van der Waals surface area (Å²) in [5, 5.41) is 0. The third-order valence-corrected chi connectivity index (χ3v) is 4.45. The molecular weight excluding hydrogens is 229 g/mol. The van der Waals surface area contributed by atoms with E-state index in [1.165, 1.54) is 31.7 Å². The highest BCUT2D eigenvalue weighted by Crippen LogP contribution is 2.40. The largest absolute Gasteiger partial charge is 0.368 e. The topological polar surface area (TPSA) is 20.3 Å². The summed E-state index contributed by atoms with van der Waals surface area (Å²) in [6.45, 7) is 0.950. The van der Waals surface area contributed by atoms with E-state index in [0.29, 0.717) is 12.3 Å². The second kappa shape index (κ2) is 4.71. The molecule has 1 aliphatic heterocycles. The first-order chi connectivity index (χ1) is 8.81. The zero-order valence-electron chi connectivity index (χ0n) is 10.4. The molecule has 3 heteroatoms. The lowest BCUT2D eigenvalue weighted by molar-refractivity contribution is 0.112. The van der Waals surface area contributed by atoms with Crippen LogP contribution in [-0.4, -0.2) is 18.9 Å². The summed E-state index contributed by atoms with van der Waals surface area (Å²) in [5.41, 5.74) is 1.02. The van der Waals surface area contributed by atoms with Crippen LogP contribution in [0.1, 0.15) is 42.5 Å². The Morgan fingerprint density at radius 2 is 2.06 bits per heavy atom. The first kappa shape index (κ1) is 11.7. The lowest BCUT2D eigenvalue weighted by Gasteiger charge is -2.40. The Balaban J connectivity index is 1.98. The SMILES string of the molecule is O=Cc1c(F)cccc1N1CCCC2CCCC21. The first-order valence-corrected chi connectivity index (χ1v) is 6.81. The fraction of sp³-hybridized carbons (Fsp3) is 0.533. The van der Waals surface area contributed by atoms with Crippen molar-refractivity contribution in [2.45, 2.75) is 38.1 Å². The summed E-state index contributed by atoms with van der Waals surface area (Å²) >= 11 is 0. The van der Waals surface area contributed by atoms with Gasteiger partial charge in [-0.15, -0.1) is 0 Å². The molecule has 1 aliphatic carbocycles. The number of hydrogen-bond donors (Lipinski definition) is 0. The molecule has 1 saturated carbocycles. The number of carbonyl (C=O) groups excluding carboxylic acids is 1. The number of piperidine rings is 1. The molecule has 2 aliphatic rings. The third-order valence-electron chi connectivity index (χ3n) is 4.45. The quantitative estimate of drug-likeness (QED) is 0.746. The number of hydrogen-bond acceptors (Lipinski definition) is 2. The number of anilines is 1. The molecular formula is C15H18FNO. The highest BCUT2D eigenvalue weighted by atomic mass is 19.1. The number of nitrogens with zero attached hydrogens (tertiary/aromatic N) is 1. The maximum Gasteiger partial charge on any atom is 0.155 e. The molecule has 2 nitrogen and oxygen atoms in total. The van der Waals surface area contributed by atoms with E-state index in [0.717, 1.165) is 24.6 Å². The smallest absolute Gasteiger partial charge is 0.155 e. The number of fused-ring (bicyclic) bond motifs is 1. The van der Waals surface area contributed by atoms with Crippen LogP contribution in [0.4, 0.5) is 10.1 Å². The molecule has 1 aromatic rings. The molecule has 96 valence electrons.